The molecule has 0 aromatic rings. The number of carbonyl (C=O) groups excluding carboxylic acids is 1. The van der Waals surface area contributed by atoms with Crippen molar-refractivity contribution in [2.75, 3.05) is 7.11 Å². The van der Waals surface area contributed by atoms with Gasteiger partial charge in [-0.25, -0.2) is 9.59 Å². The van der Waals surface area contributed by atoms with Crippen molar-refractivity contribution < 1.29 is 19.4 Å². The molecular weight excluding hydrogens is 304 g/mol. The van der Waals surface area contributed by atoms with E-state index in [2.05, 4.69) is 24.8 Å². The summed E-state index contributed by atoms with van der Waals surface area (Å²) < 4.78 is 4.62. The highest BCUT2D eigenvalue weighted by molar-refractivity contribution is 5.87. The van der Waals surface area contributed by atoms with Crippen LogP contribution in [0.4, 0.5) is 0 Å². The zero-order valence-electron chi connectivity index (χ0n) is 15.6. The van der Waals surface area contributed by atoms with Gasteiger partial charge in [0.05, 0.1) is 7.11 Å². The molecular formula is C20H36O4. The number of esters is 1. The number of aliphatic carboxylic acids is 1. The lowest BCUT2D eigenvalue weighted by Crippen LogP contribution is -2.03. The van der Waals surface area contributed by atoms with Crippen molar-refractivity contribution in [2.45, 2.75) is 84.0 Å². The van der Waals surface area contributed by atoms with Gasteiger partial charge in [-0.15, -0.1) is 0 Å². The first-order chi connectivity index (χ1) is 11.5. The minimum absolute atomic E-state index is 0.257. The van der Waals surface area contributed by atoms with Crippen LogP contribution in [0.15, 0.2) is 24.8 Å². The fourth-order valence-corrected chi connectivity index (χ4v) is 2.25. The predicted molar refractivity (Wildman–Crippen MR) is 100 cm³/mol. The molecule has 1 N–H and O–H groups in total. The van der Waals surface area contributed by atoms with Crippen molar-refractivity contribution in [1.82, 2.24) is 0 Å². The summed E-state index contributed by atoms with van der Waals surface area (Å²) in [7, 11) is 1.41. The summed E-state index contributed by atoms with van der Waals surface area (Å²) in [5.74, 6) is -1.24. The van der Waals surface area contributed by atoms with Gasteiger partial charge in [-0.2, -0.15) is 0 Å². The van der Waals surface area contributed by atoms with E-state index in [1.54, 1.807) is 0 Å². The van der Waals surface area contributed by atoms with Gasteiger partial charge in [0.15, 0.2) is 0 Å². The number of carbonyl (C=O) groups is 2. The first-order valence-corrected chi connectivity index (χ1v) is 9.11. The van der Waals surface area contributed by atoms with Crippen molar-refractivity contribution in [2.24, 2.45) is 0 Å². The van der Waals surface area contributed by atoms with E-state index >= 15 is 0 Å². The van der Waals surface area contributed by atoms with Gasteiger partial charge in [-0.05, 0) is 12.8 Å². The molecule has 0 saturated carbocycles. The van der Waals surface area contributed by atoms with Crippen molar-refractivity contribution in [3.63, 3.8) is 0 Å². The fraction of sp³-hybridized carbons (Fsp3) is 0.700. The molecule has 140 valence electrons. The third-order valence-electron chi connectivity index (χ3n) is 3.73. The molecule has 4 nitrogen and oxygen atoms in total. The lowest BCUT2D eigenvalue weighted by molar-refractivity contribution is -0.136. The van der Waals surface area contributed by atoms with Crippen LogP contribution in [0.2, 0.25) is 0 Å². The number of ether oxygens (including phenoxy) is 1. The Bertz CT molecular complexity index is 348. The second-order valence-electron chi connectivity index (χ2n) is 5.92. The second-order valence-corrected chi connectivity index (χ2v) is 5.92. The number of rotatable bonds is 14. The van der Waals surface area contributed by atoms with Crippen LogP contribution in [0.3, 0.4) is 0 Å². The van der Waals surface area contributed by atoms with E-state index < -0.39 is 5.97 Å². The molecule has 0 unspecified atom stereocenters. The SMILES string of the molecule is C=C(CCCCCCCCCCCCC)C(=O)OC.C=CC(=O)O. The maximum absolute atomic E-state index is 11.1. The number of methoxy groups -OCH3 is 1. The maximum atomic E-state index is 11.1. The van der Waals surface area contributed by atoms with Gasteiger partial charge in [-0.1, -0.05) is 84.3 Å². The summed E-state index contributed by atoms with van der Waals surface area (Å²) in [6.07, 6.45) is 16.2. The van der Waals surface area contributed by atoms with E-state index in [9.17, 15) is 9.59 Å². The molecule has 4 heteroatoms. The average molecular weight is 341 g/mol. The molecule has 0 aromatic heterocycles. The van der Waals surface area contributed by atoms with Crippen molar-refractivity contribution in [3.8, 4) is 0 Å². The molecule has 0 rings (SSSR count). The Kier molecular flexibility index (Phi) is 20.0. The summed E-state index contributed by atoms with van der Waals surface area (Å²) in [4.78, 5) is 20.4. The Morgan fingerprint density at radius 1 is 0.917 bits per heavy atom. The Morgan fingerprint density at radius 3 is 1.62 bits per heavy atom. The standard InChI is InChI=1S/C17H32O2.C3H4O2/c1-4-5-6-7-8-9-10-11-12-13-14-15-16(2)17(18)19-3;1-2-3(4)5/h2,4-15H2,1,3H3;2H,1H2,(H,4,5). The average Bonchev–Trinajstić information content (AvgIpc) is 2.59. The van der Waals surface area contributed by atoms with Gasteiger partial charge in [0, 0.05) is 11.6 Å². The van der Waals surface area contributed by atoms with Crippen molar-refractivity contribution in [1.29, 1.82) is 0 Å². The number of carboxylic acid groups (broad SMARTS) is 1. The third-order valence-corrected chi connectivity index (χ3v) is 3.73. The largest absolute Gasteiger partial charge is 0.478 e. The Morgan fingerprint density at radius 2 is 1.29 bits per heavy atom. The molecule has 0 aliphatic heterocycles. The number of carboxylic acids is 1. The van der Waals surface area contributed by atoms with Gasteiger partial charge in [0.2, 0.25) is 0 Å². The molecule has 0 radical (unpaired) electrons. The molecule has 0 saturated heterocycles. The van der Waals surface area contributed by atoms with E-state index in [-0.39, 0.29) is 5.97 Å². The summed E-state index contributed by atoms with van der Waals surface area (Å²) in [6.45, 7) is 8.95. The van der Waals surface area contributed by atoms with Crippen LogP contribution in [-0.4, -0.2) is 24.2 Å². The van der Waals surface area contributed by atoms with Crippen LogP contribution in [-0.2, 0) is 14.3 Å². The highest BCUT2D eigenvalue weighted by Gasteiger charge is 2.05. The number of hydrogen-bond donors (Lipinski definition) is 1. The van der Waals surface area contributed by atoms with E-state index in [4.69, 9.17) is 5.11 Å². The zero-order valence-corrected chi connectivity index (χ0v) is 15.6. The van der Waals surface area contributed by atoms with E-state index in [1.165, 1.54) is 71.3 Å². The van der Waals surface area contributed by atoms with Gasteiger partial charge in [0.1, 0.15) is 0 Å². The quantitative estimate of drug-likeness (QED) is 0.251. The topological polar surface area (TPSA) is 63.6 Å². The summed E-state index contributed by atoms with van der Waals surface area (Å²) in [5.41, 5.74) is 0.610. The Labute approximate surface area is 148 Å². The van der Waals surface area contributed by atoms with Crippen LogP contribution in [0.1, 0.15) is 84.0 Å². The van der Waals surface area contributed by atoms with Gasteiger partial charge >= 0.3 is 11.9 Å². The monoisotopic (exact) mass is 340 g/mol. The van der Waals surface area contributed by atoms with Gasteiger partial charge in [0.25, 0.3) is 0 Å². The molecule has 0 fully saturated rings. The Hall–Kier alpha value is -1.58. The van der Waals surface area contributed by atoms with Crippen LogP contribution < -0.4 is 0 Å². The molecule has 0 aliphatic carbocycles. The van der Waals surface area contributed by atoms with Crippen molar-refractivity contribution >= 4 is 11.9 Å². The van der Waals surface area contributed by atoms with Crippen LogP contribution >= 0.6 is 0 Å². The van der Waals surface area contributed by atoms with Crippen LogP contribution in [0.25, 0.3) is 0 Å². The first-order valence-electron chi connectivity index (χ1n) is 9.11. The molecule has 0 aliphatic rings. The zero-order chi connectivity index (χ0) is 18.6. The fourth-order valence-electron chi connectivity index (χ4n) is 2.25. The highest BCUT2D eigenvalue weighted by Crippen LogP contribution is 2.13. The van der Waals surface area contributed by atoms with E-state index in [1.807, 2.05) is 0 Å². The van der Waals surface area contributed by atoms with Crippen LogP contribution in [0.5, 0.6) is 0 Å². The summed E-state index contributed by atoms with van der Waals surface area (Å²) >= 11 is 0. The lowest BCUT2D eigenvalue weighted by Gasteiger charge is -2.04. The molecule has 0 amide bonds. The molecule has 0 atom stereocenters. The van der Waals surface area contributed by atoms with Gasteiger partial charge in [-0.3, -0.25) is 0 Å². The Balaban J connectivity index is 0. The van der Waals surface area contributed by atoms with Gasteiger partial charge < -0.3 is 9.84 Å². The van der Waals surface area contributed by atoms with E-state index in [0.29, 0.717) is 5.57 Å². The maximum Gasteiger partial charge on any atom is 0.333 e. The minimum atomic E-state index is -0.981. The highest BCUT2D eigenvalue weighted by atomic mass is 16.5. The smallest absolute Gasteiger partial charge is 0.333 e. The number of unbranched alkanes of at least 4 members (excludes halogenated alkanes) is 10. The molecule has 0 spiro atoms. The molecule has 0 heterocycles. The normalized spacial score (nSPS) is 9.58. The molecule has 0 aromatic carbocycles. The first kappa shape index (κ1) is 24.7. The summed E-state index contributed by atoms with van der Waals surface area (Å²) in [5, 5.41) is 7.60. The predicted octanol–water partition coefficient (Wildman–Crippen LogP) is 5.67. The van der Waals surface area contributed by atoms with Crippen molar-refractivity contribution in [3.05, 3.63) is 24.8 Å². The third kappa shape index (κ3) is 20.4. The van der Waals surface area contributed by atoms with E-state index in [0.717, 1.165) is 18.9 Å². The molecule has 24 heavy (non-hydrogen) atoms. The summed E-state index contributed by atoms with van der Waals surface area (Å²) in [6, 6.07) is 0. The van der Waals surface area contributed by atoms with Crippen LogP contribution in [0, 0.1) is 0 Å². The minimum Gasteiger partial charge on any atom is -0.478 e. The second kappa shape index (κ2) is 19.5. The molecule has 0 bridgehead atoms. The lowest BCUT2D eigenvalue weighted by atomic mass is 10.0. The number of hydrogen-bond acceptors (Lipinski definition) is 3.